The van der Waals surface area contributed by atoms with Crippen LogP contribution in [0.1, 0.15) is 32.3 Å². The number of rotatable bonds is 3. The van der Waals surface area contributed by atoms with Crippen molar-refractivity contribution < 1.29 is 4.79 Å². The molecule has 0 radical (unpaired) electrons. The lowest BCUT2D eigenvalue weighted by molar-refractivity contribution is -0.124. The van der Waals surface area contributed by atoms with E-state index in [9.17, 15) is 4.79 Å². The molecule has 88 valence electrons. The van der Waals surface area contributed by atoms with Crippen molar-refractivity contribution in [2.75, 3.05) is 0 Å². The van der Waals surface area contributed by atoms with Crippen LogP contribution in [0.2, 0.25) is 0 Å². The third-order valence-electron chi connectivity index (χ3n) is 3.85. The Morgan fingerprint density at radius 1 is 1.29 bits per heavy atom. The minimum atomic E-state index is -0.187. The topological polar surface area (TPSA) is 32.9 Å². The summed E-state index contributed by atoms with van der Waals surface area (Å²) in [5, 5.41) is 1.21. The fourth-order valence-corrected chi connectivity index (χ4v) is 2.79. The predicted octanol–water partition coefficient (Wildman–Crippen LogP) is 3.42. The lowest BCUT2D eigenvalue weighted by atomic mass is 9.85. The van der Waals surface area contributed by atoms with Crippen LogP contribution in [-0.2, 0) is 10.2 Å². The number of hydrogen-bond acceptors (Lipinski definition) is 1. The maximum atomic E-state index is 12.4. The van der Waals surface area contributed by atoms with E-state index in [4.69, 9.17) is 0 Å². The Kier molecular flexibility index (Phi) is 2.15. The first kappa shape index (κ1) is 10.6. The summed E-state index contributed by atoms with van der Waals surface area (Å²) in [5.41, 5.74) is 2.14. The lowest BCUT2D eigenvalue weighted by Crippen LogP contribution is -2.24. The van der Waals surface area contributed by atoms with Crippen LogP contribution < -0.4 is 0 Å². The van der Waals surface area contributed by atoms with E-state index < -0.39 is 0 Å². The van der Waals surface area contributed by atoms with Crippen molar-refractivity contribution in [3.63, 3.8) is 0 Å². The molecule has 1 aromatic heterocycles. The lowest BCUT2D eigenvalue weighted by Gasteiger charge is -2.15. The highest BCUT2D eigenvalue weighted by atomic mass is 16.1. The molecule has 0 spiro atoms. The van der Waals surface area contributed by atoms with Gasteiger partial charge >= 0.3 is 0 Å². The van der Waals surface area contributed by atoms with Crippen molar-refractivity contribution >= 4 is 16.7 Å². The third-order valence-corrected chi connectivity index (χ3v) is 3.85. The van der Waals surface area contributed by atoms with Crippen LogP contribution in [0.25, 0.3) is 10.9 Å². The van der Waals surface area contributed by atoms with Crippen molar-refractivity contribution in [3.8, 4) is 0 Å². The number of benzene rings is 1. The Hall–Kier alpha value is -1.57. The predicted molar refractivity (Wildman–Crippen MR) is 69.1 cm³/mol. The molecule has 3 rings (SSSR count). The van der Waals surface area contributed by atoms with E-state index in [0.717, 1.165) is 18.4 Å². The minimum absolute atomic E-state index is 0.117. The summed E-state index contributed by atoms with van der Waals surface area (Å²) in [6.45, 7) is 3.99. The number of Topliss-reactive ketones (excluding diaryl/α,β-unsaturated/α-hetero) is 1. The van der Waals surface area contributed by atoms with Gasteiger partial charge < -0.3 is 4.98 Å². The SMILES string of the molecule is CC(C)C(=O)C1(c2c[nH]c3ccccc23)CC1. The molecule has 1 fully saturated rings. The Morgan fingerprint density at radius 2 is 2.00 bits per heavy atom. The van der Waals surface area contributed by atoms with Crippen LogP contribution in [-0.4, -0.2) is 10.8 Å². The van der Waals surface area contributed by atoms with E-state index in [0.29, 0.717) is 5.78 Å². The van der Waals surface area contributed by atoms with Gasteiger partial charge in [-0.15, -0.1) is 0 Å². The summed E-state index contributed by atoms with van der Waals surface area (Å²) < 4.78 is 0. The highest BCUT2D eigenvalue weighted by molar-refractivity contribution is 5.99. The Morgan fingerprint density at radius 3 is 2.65 bits per heavy atom. The number of fused-ring (bicyclic) bond motifs is 1. The van der Waals surface area contributed by atoms with Crippen molar-refractivity contribution in [1.82, 2.24) is 4.98 Å². The van der Waals surface area contributed by atoms with Gasteiger partial charge in [-0.25, -0.2) is 0 Å². The molecule has 0 saturated heterocycles. The first-order chi connectivity index (χ1) is 8.15. The average Bonchev–Trinajstić information content (AvgIpc) is 3.02. The molecular formula is C15H17NO. The van der Waals surface area contributed by atoms with Gasteiger partial charge in [-0.1, -0.05) is 32.0 Å². The van der Waals surface area contributed by atoms with Crippen LogP contribution >= 0.6 is 0 Å². The molecule has 1 saturated carbocycles. The van der Waals surface area contributed by atoms with E-state index >= 15 is 0 Å². The molecule has 0 amide bonds. The Labute approximate surface area is 101 Å². The van der Waals surface area contributed by atoms with Gasteiger partial charge in [-0.2, -0.15) is 0 Å². The van der Waals surface area contributed by atoms with Crippen LogP contribution in [0.15, 0.2) is 30.5 Å². The molecule has 2 nitrogen and oxygen atoms in total. The van der Waals surface area contributed by atoms with Gasteiger partial charge in [0.1, 0.15) is 5.78 Å². The molecule has 1 aromatic carbocycles. The number of H-pyrrole nitrogens is 1. The number of carbonyl (C=O) groups excluding carboxylic acids is 1. The largest absolute Gasteiger partial charge is 0.361 e. The van der Waals surface area contributed by atoms with Gasteiger partial charge in [-0.05, 0) is 24.5 Å². The third kappa shape index (κ3) is 1.43. The zero-order chi connectivity index (χ0) is 12.0. The molecular weight excluding hydrogens is 210 g/mol. The molecule has 0 bridgehead atoms. The molecule has 0 atom stereocenters. The van der Waals surface area contributed by atoms with Gasteiger partial charge in [-0.3, -0.25) is 4.79 Å². The average molecular weight is 227 g/mol. The van der Waals surface area contributed by atoms with E-state index in [1.54, 1.807) is 0 Å². The maximum absolute atomic E-state index is 12.4. The molecule has 2 aromatic rings. The molecule has 2 heteroatoms. The van der Waals surface area contributed by atoms with Crippen LogP contribution in [0.5, 0.6) is 0 Å². The standard InChI is InChI=1S/C15H17NO/c1-10(2)14(17)15(7-8-15)12-9-16-13-6-4-3-5-11(12)13/h3-6,9-10,16H,7-8H2,1-2H3. The van der Waals surface area contributed by atoms with E-state index in [1.807, 2.05) is 32.2 Å². The molecule has 1 aliphatic rings. The molecule has 1 heterocycles. The number of carbonyl (C=O) groups is 1. The molecule has 0 unspecified atom stereocenters. The van der Waals surface area contributed by atoms with Gasteiger partial charge in [0.15, 0.2) is 0 Å². The number of aromatic amines is 1. The normalized spacial score (nSPS) is 17.6. The van der Waals surface area contributed by atoms with E-state index in [-0.39, 0.29) is 11.3 Å². The zero-order valence-electron chi connectivity index (χ0n) is 10.3. The zero-order valence-corrected chi connectivity index (χ0v) is 10.3. The number of aromatic nitrogens is 1. The van der Waals surface area contributed by atoms with Crippen molar-refractivity contribution in [2.45, 2.75) is 32.1 Å². The minimum Gasteiger partial charge on any atom is -0.361 e. The first-order valence-electron chi connectivity index (χ1n) is 6.26. The van der Waals surface area contributed by atoms with Gasteiger partial charge in [0.25, 0.3) is 0 Å². The quantitative estimate of drug-likeness (QED) is 0.856. The summed E-state index contributed by atoms with van der Waals surface area (Å²) in [7, 11) is 0. The van der Waals surface area contributed by atoms with Crippen molar-refractivity contribution in [3.05, 3.63) is 36.0 Å². The van der Waals surface area contributed by atoms with Gasteiger partial charge in [0.05, 0.1) is 5.41 Å². The highest BCUT2D eigenvalue weighted by Crippen LogP contribution is 2.52. The van der Waals surface area contributed by atoms with E-state index in [1.165, 1.54) is 10.9 Å². The second-order valence-corrected chi connectivity index (χ2v) is 5.35. The number of hydrogen-bond donors (Lipinski definition) is 1. The highest BCUT2D eigenvalue weighted by Gasteiger charge is 2.52. The summed E-state index contributed by atoms with van der Waals surface area (Å²) in [4.78, 5) is 15.6. The summed E-state index contributed by atoms with van der Waals surface area (Å²) >= 11 is 0. The first-order valence-corrected chi connectivity index (χ1v) is 6.26. The number of nitrogens with one attached hydrogen (secondary N) is 1. The van der Waals surface area contributed by atoms with Crippen LogP contribution in [0.4, 0.5) is 0 Å². The molecule has 1 aliphatic carbocycles. The molecule has 1 N–H and O–H groups in total. The second kappa shape index (κ2) is 3.46. The summed E-state index contributed by atoms with van der Waals surface area (Å²) in [6, 6.07) is 8.23. The summed E-state index contributed by atoms with van der Waals surface area (Å²) in [6.07, 6.45) is 4.04. The number of para-hydroxylation sites is 1. The fraction of sp³-hybridized carbons (Fsp3) is 0.400. The smallest absolute Gasteiger partial charge is 0.145 e. The number of ketones is 1. The maximum Gasteiger partial charge on any atom is 0.145 e. The molecule has 17 heavy (non-hydrogen) atoms. The van der Waals surface area contributed by atoms with E-state index in [2.05, 4.69) is 17.1 Å². The van der Waals surface area contributed by atoms with Crippen LogP contribution in [0, 0.1) is 5.92 Å². The monoisotopic (exact) mass is 227 g/mol. The Bertz CT molecular complexity index is 575. The summed E-state index contributed by atoms with van der Waals surface area (Å²) in [5.74, 6) is 0.508. The Balaban J connectivity index is 2.13. The fourth-order valence-electron chi connectivity index (χ4n) is 2.79. The van der Waals surface area contributed by atoms with Crippen molar-refractivity contribution in [2.24, 2.45) is 5.92 Å². The molecule has 0 aliphatic heterocycles. The van der Waals surface area contributed by atoms with Gasteiger partial charge in [0, 0.05) is 23.0 Å². The van der Waals surface area contributed by atoms with Crippen LogP contribution in [0.3, 0.4) is 0 Å². The van der Waals surface area contributed by atoms with Gasteiger partial charge in [0.2, 0.25) is 0 Å². The second-order valence-electron chi connectivity index (χ2n) is 5.35. The van der Waals surface area contributed by atoms with Crippen molar-refractivity contribution in [1.29, 1.82) is 0 Å².